The monoisotopic (exact) mass is 361 g/mol. The zero-order valence-corrected chi connectivity index (χ0v) is 14.7. The lowest BCUT2D eigenvalue weighted by Crippen LogP contribution is -2.53. The smallest absolute Gasteiger partial charge is 0.261 e. The number of aromatic nitrogens is 1. The van der Waals surface area contributed by atoms with E-state index in [0.29, 0.717) is 18.8 Å². The third-order valence-electron chi connectivity index (χ3n) is 4.60. The van der Waals surface area contributed by atoms with Gasteiger partial charge in [0.15, 0.2) is 6.61 Å². The molecule has 1 aliphatic rings. The van der Waals surface area contributed by atoms with Gasteiger partial charge in [0.05, 0.1) is 5.52 Å². The molecule has 0 unspecified atom stereocenters. The molecule has 0 spiro atoms. The summed E-state index contributed by atoms with van der Waals surface area (Å²) in [5.74, 6) is 0.329. The van der Waals surface area contributed by atoms with E-state index in [2.05, 4.69) is 4.98 Å². The lowest BCUT2D eigenvalue weighted by atomic mass is 10.2. The van der Waals surface area contributed by atoms with E-state index in [1.807, 2.05) is 54.6 Å². The van der Waals surface area contributed by atoms with Crippen molar-refractivity contribution in [2.45, 2.75) is 0 Å². The number of piperazine rings is 1. The number of pyridine rings is 1. The Morgan fingerprint density at radius 3 is 2.59 bits per heavy atom. The SMILES string of the molecule is O=C(COc1ccnc2ccccc12)N1CCN(c2ccccc2)C(=O)C1. The molecule has 0 saturated carbocycles. The van der Waals surface area contributed by atoms with Crippen molar-refractivity contribution in [3.05, 3.63) is 66.9 Å². The van der Waals surface area contributed by atoms with Crippen molar-refractivity contribution in [3.8, 4) is 5.75 Å². The predicted octanol–water partition coefficient (Wildman–Crippen LogP) is 2.49. The van der Waals surface area contributed by atoms with E-state index in [1.54, 1.807) is 22.1 Å². The highest BCUT2D eigenvalue weighted by Gasteiger charge is 2.28. The second kappa shape index (κ2) is 7.45. The maximum absolute atomic E-state index is 12.5. The zero-order chi connectivity index (χ0) is 18.6. The molecule has 0 atom stereocenters. The van der Waals surface area contributed by atoms with Crippen molar-refractivity contribution in [1.82, 2.24) is 9.88 Å². The van der Waals surface area contributed by atoms with Gasteiger partial charge in [0.2, 0.25) is 5.91 Å². The van der Waals surface area contributed by atoms with Crippen LogP contribution in [0.3, 0.4) is 0 Å². The molecule has 2 heterocycles. The van der Waals surface area contributed by atoms with E-state index in [9.17, 15) is 9.59 Å². The Bertz CT molecular complexity index is 969. The zero-order valence-electron chi connectivity index (χ0n) is 14.7. The van der Waals surface area contributed by atoms with E-state index < -0.39 is 0 Å². The second-order valence-corrected chi connectivity index (χ2v) is 6.31. The van der Waals surface area contributed by atoms with Crippen molar-refractivity contribution in [1.29, 1.82) is 0 Å². The summed E-state index contributed by atoms with van der Waals surface area (Å²) < 4.78 is 5.72. The summed E-state index contributed by atoms with van der Waals surface area (Å²) in [6, 6.07) is 18.8. The molecule has 1 aliphatic heterocycles. The van der Waals surface area contributed by atoms with Crippen LogP contribution < -0.4 is 9.64 Å². The first-order chi connectivity index (χ1) is 13.2. The fourth-order valence-corrected chi connectivity index (χ4v) is 3.19. The molecule has 4 rings (SSSR count). The van der Waals surface area contributed by atoms with Gasteiger partial charge in [-0.2, -0.15) is 0 Å². The number of para-hydroxylation sites is 2. The molecule has 0 radical (unpaired) electrons. The van der Waals surface area contributed by atoms with E-state index in [-0.39, 0.29) is 25.0 Å². The molecule has 6 heteroatoms. The molecular weight excluding hydrogens is 342 g/mol. The van der Waals surface area contributed by atoms with Crippen molar-refractivity contribution in [2.24, 2.45) is 0 Å². The van der Waals surface area contributed by atoms with Gasteiger partial charge in [-0.15, -0.1) is 0 Å². The van der Waals surface area contributed by atoms with Crippen LogP contribution >= 0.6 is 0 Å². The van der Waals surface area contributed by atoms with Crippen LogP contribution in [0.2, 0.25) is 0 Å². The van der Waals surface area contributed by atoms with Crippen LogP contribution in [0.5, 0.6) is 5.75 Å². The average molecular weight is 361 g/mol. The number of ether oxygens (including phenoxy) is 1. The molecule has 1 saturated heterocycles. The molecule has 27 heavy (non-hydrogen) atoms. The Hall–Kier alpha value is -3.41. The number of hydrogen-bond donors (Lipinski definition) is 0. The lowest BCUT2D eigenvalue weighted by molar-refractivity contribution is -0.138. The normalized spacial score (nSPS) is 14.4. The standard InChI is InChI=1S/C21H19N3O3/c25-20-14-23(12-13-24(20)16-6-2-1-3-7-16)21(26)15-27-19-10-11-22-18-9-5-4-8-17(18)19/h1-11H,12-15H2. The van der Waals surface area contributed by atoms with Crippen molar-refractivity contribution >= 4 is 28.4 Å². The molecule has 0 bridgehead atoms. The average Bonchev–Trinajstić information content (AvgIpc) is 2.72. The predicted molar refractivity (Wildman–Crippen MR) is 103 cm³/mol. The summed E-state index contributed by atoms with van der Waals surface area (Å²) in [6.07, 6.45) is 1.66. The quantitative estimate of drug-likeness (QED) is 0.716. The Kier molecular flexibility index (Phi) is 4.70. The number of carbonyl (C=O) groups excluding carboxylic acids is 2. The van der Waals surface area contributed by atoms with Crippen LogP contribution in [0.4, 0.5) is 5.69 Å². The Labute approximate surface area is 157 Å². The third kappa shape index (κ3) is 3.60. The number of hydrogen-bond acceptors (Lipinski definition) is 4. The fourth-order valence-electron chi connectivity index (χ4n) is 3.19. The molecule has 3 aromatic rings. The number of fused-ring (bicyclic) bond motifs is 1. The highest BCUT2D eigenvalue weighted by molar-refractivity contribution is 5.98. The molecule has 0 aliphatic carbocycles. The van der Waals surface area contributed by atoms with E-state index >= 15 is 0 Å². The van der Waals surface area contributed by atoms with Crippen LogP contribution in [0.1, 0.15) is 0 Å². The van der Waals surface area contributed by atoms with Crippen LogP contribution in [0, 0.1) is 0 Å². The van der Waals surface area contributed by atoms with E-state index in [0.717, 1.165) is 16.6 Å². The summed E-state index contributed by atoms with van der Waals surface area (Å²) >= 11 is 0. The summed E-state index contributed by atoms with van der Waals surface area (Å²) in [5, 5.41) is 0.859. The summed E-state index contributed by atoms with van der Waals surface area (Å²) in [6.45, 7) is 0.924. The third-order valence-corrected chi connectivity index (χ3v) is 4.60. The lowest BCUT2D eigenvalue weighted by Gasteiger charge is -2.34. The van der Waals surface area contributed by atoms with Gasteiger partial charge in [0, 0.05) is 30.4 Å². The Morgan fingerprint density at radius 2 is 1.78 bits per heavy atom. The Morgan fingerprint density at radius 1 is 1.00 bits per heavy atom. The molecule has 2 amide bonds. The molecule has 1 aromatic heterocycles. The van der Waals surface area contributed by atoms with Crippen LogP contribution in [-0.2, 0) is 9.59 Å². The number of anilines is 1. The van der Waals surface area contributed by atoms with Gasteiger partial charge in [-0.05, 0) is 30.3 Å². The van der Waals surface area contributed by atoms with Crippen molar-refractivity contribution in [3.63, 3.8) is 0 Å². The van der Waals surface area contributed by atoms with Gasteiger partial charge in [0.1, 0.15) is 12.3 Å². The fraction of sp³-hybridized carbons (Fsp3) is 0.190. The maximum atomic E-state index is 12.5. The van der Waals surface area contributed by atoms with Gasteiger partial charge in [0.25, 0.3) is 5.91 Å². The summed E-state index contributed by atoms with van der Waals surface area (Å²) in [4.78, 5) is 32.5. The highest BCUT2D eigenvalue weighted by Crippen LogP contribution is 2.23. The molecule has 1 fully saturated rings. The Balaban J connectivity index is 1.39. The van der Waals surface area contributed by atoms with Crippen molar-refractivity contribution in [2.75, 3.05) is 31.1 Å². The summed E-state index contributed by atoms with van der Waals surface area (Å²) in [5.41, 5.74) is 1.67. The number of rotatable bonds is 4. The number of benzene rings is 2. The molecular formula is C21H19N3O3. The van der Waals surface area contributed by atoms with Gasteiger partial charge in [-0.25, -0.2) is 0 Å². The first-order valence-electron chi connectivity index (χ1n) is 8.82. The van der Waals surface area contributed by atoms with Gasteiger partial charge >= 0.3 is 0 Å². The van der Waals surface area contributed by atoms with Crippen molar-refractivity contribution < 1.29 is 14.3 Å². The van der Waals surface area contributed by atoms with Gasteiger partial charge in [-0.1, -0.05) is 30.3 Å². The van der Waals surface area contributed by atoms with E-state index in [4.69, 9.17) is 4.74 Å². The first kappa shape index (κ1) is 17.0. The second-order valence-electron chi connectivity index (χ2n) is 6.31. The molecule has 2 aromatic carbocycles. The van der Waals surface area contributed by atoms with Gasteiger partial charge < -0.3 is 14.5 Å². The van der Waals surface area contributed by atoms with E-state index in [1.165, 1.54) is 0 Å². The number of carbonyl (C=O) groups is 2. The minimum absolute atomic E-state index is 0.0637. The maximum Gasteiger partial charge on any atom is 0.261 e. The minimum atomic E-state index is -0.197. The van der Waals surface area contributed by atoms with Crippen LogP contribution in [0.15, 0.2) is 66.9 Å². The van der Waals surface area contributed by atoms with Crippen LogP contribution in [-0.4, -0.2) is 47.9 Å². The minimum Gasteiger partial charge on any atom is -0.483 e. The molecule has 136 valence electrons. The highest BCUT2D eigenvalue weighted by atomic mass is 16.5. The largest absolute Gasteiger partial charge is 0.483 e. The van der Waals surface area contributed by atoms with Gasteiger partial charge in [-0.3, -0.25) is 14.6 Å². The molecule has 0 N–H and O–H groups in total. The number of amides is 2. The number of nitrogens with zero attached hydrogens (tertiary/aromatic N) is 3. The van der Waals surface area contributed by atoms with Crippen LogP contribution in [0.25, 0.3) is 10.9 Å². The molecule has 6 nitrogen and oxygen atoms in total. The summed E-state index contributed by atoms with van der Waals surface area (Å²) in [7, 11) is 0. The topological polar surface area (TPSA) is 62.7 Å². The first-order valence-corrected chi connectivity index (χ1v) is 8.82.